The van der Waals surface area contributed by atoms with Gasteiger partial charge < -0.3 is 20.7 Å². The molecular weight excluding hydrogens is 378 g/mol. The van der Waals surface area contributed by atoms with Gasteiger partial charge >= 0.3 is 0 Å². The van der Waals surface area contributed by atoms with Crippen LogP contribution >= 0.6 is 0 Å². The number of nitrogens with one attached hydrogen (secondary N) is 3. The molecule has 8 heteroatoms. The summed E-state index contributed by atoms with van der Waals surface area (Å²) in [5, 5.41) is 14.9. The van der Waals surface area contributed by atoms with Crippen molar-refractivity contribution in [2.75, 3.05) is 32.1 Å². The summed E-state index contributed by atoms with van der Waals surface area (Å²) in [5.41, 5.74) is 5.03. The number of anilines is 2. The topological polar surface area (TPSA) is 88.4 Å². The van der Waals surface area contributed by atoms with Gasteiger partial charge in [0.05, 0.1) is 24.5 Å². The van der Waals surface area contributed by atoms with Gasteiger partial charge in [0.25, 0.3) is 0 Å². The third kappa shape index (κ3) is 3.70. The number of methoxy groups -OCH3 is 1. The van der Waals surface area contributed by atoms with Crippen molar-refractivity contribution < 1.29 is 4.74 Å². The van der Waals surface area contributed by atoms with Crippen LogP contribution in [0.25, 0.3) is 16.8 Å². The molecule has 4 heterocycles. The smallest absolute Gasteiger partial charge is 0.245 e. The highest BCUT2D eigenvalue weighted by Crippen LogP contribution is 2.24. The highest BCUT2D eigenvalue weighted by atomic mass is 16.5. The van der Waals surface area contributed by atoms with E-state index in [0.717, 1.165) is 42.1 Å². The summed E-state index contributed by atoms with van der Waals surface area (Å²) in [5.74, 6) is 1.12. The highest BCUT2D eigenvalue weighted by molar-refractivity contribution is 5.66. The Morgan fingerprint density at radius 1 is 1.00 bits per heavy atom. The molecule has 152 valence electrons. The first-order chi connectivity index (χ1) is 14.8. The lowest BCUT2D eigenvalue weighted by Crippen LogP contribution is -2.42. The van der Waals surface area contributed by atoms with Crippen molar-refractivity contribution in [1.82, 2.24) is 30.2 Å². The molecule has 0 amide bonds. The van der Waals surface area contributed by atoms with E-state index in [-0.39, 0.29) is 0 Å². The highest BCUT2D eigenvalue weighted by Gasteiger charge is 2.14. The van der Waals surface area contributed by atoms with Crippen LogP contribution in [0.4, 0.5) is 11.6 Å². The maximum absolute atomic E-state index is 5.15. The van der Waals surface area contributed by atoms with E-state index in [9.17, 15) is 0 Å². The number of pyridine rings is 1. The number of hydrogen-bond donors (Lipinski definition) is 3. The van der Waals surface area contributed by atoms with Gasteiger partial charge in [0, 0.05) is 49.2 Å². The maximum Gasteiger partial charge on any atom is 0.245 e. The van der Waals surface area contributed by atoms with E-state index in [1.165, 1.54) is 5.56 Å². The molecule has 30 heavy (non-hydrogen) atoms. The lowest BCUT2D eigenvalue weighted by molar-refractivity contribution is 0.398. The molecule has 3 N–H and O–H groups in total. The Morgan fingerprint density at radius 3 is 2.63 bits per heavy atom. The van der Waals surface area contributed by atoms with Crippen LogP contribution in [0.2, 0.25) is 0 Å². The Hall–Kier alpha value is -3.49. The minimum atomic E-state index is 0.348. The quantitative estimate of drug-likeness (QED) is 0.474. The standard InChI is InChI=1S/C22H23N7O/c1-30-21-9-4-16(12-25-21)20-8-7-18-13-26-22(28-29(18)20)27-17-5-2-15(3-6-17)19-14-23-10-11-24-19/h2-9,12-13,19,23-24H,10-11,14H2,1H3,(H,27,28). The third-order valence-corrected chi connectivity index (χ3v) is 5.25. The zero-order chi connectivity index (χ0) is 20.3. The second-order valence-corrected chi connectivity index (χ2v) is 7.18. The Labute approximate surface area is 174 Å². The molecule has 1 aliphatic heterocycles. The van der Waals surface area contributed by atoms with E-state index in [1.54, 1.807) is 13.3 Å². The number of benzene rings is 1. The first-order valence-electron chi connectivity index (χ1n) is 9.96. The Balaban J connectivity index is 1.38. The number of ether oxygens (including phenoxy) is 1. The summed E-state index contributed by atoms with van der Waals surface area (Å²) in [6, 6.07) is 16.5. The van der Waals surface area contributed by atoms with E-state index < -0.39 is 0 Å². The van der Waals surface area contributed by atoms with Crippen LogP contribution in [0, 0.1) is 0 Å². The van der Waals surface area contributed by atoms with Crippen LogP contribution in [0.3, 0.4) is 0 Å². The van der Waals surface area contributed by atoms with Crippen LogP contribution in [0.15, 0.2) is 60.9 Å². The van der Waals surface area contributed by atoms with Crippen LogP contribution < -0.4 is 20.7 Å². The van der Waals surface area contributed by atoms with Gasteiger partial charge in [-0.05, 0) is 35.9 Å². The van der Waals surface area contributed by atoms with E-state index in [0.29, 0.717) is 17.9 Å². The fourth-order valence-corrected chi connectivity index (χ4v) is 3.65. The number of hydrogen-bond acceptors (Lipinski definition) is 7. The zero-order valence-electron chi connectivity index (χ0n) is 16.7. The molecule has 8 nitrogen and oxygen atoms in total. The van der Waals surface area contributed by atoms with Gasteiger partial charge in [-0.1, -0.05) is 12.1 Å². The number of nitrogens with zero attached hydrogens (tertiary/aromatic N) is 4. The summed E-state index contributed by atoms with van der Waals surface area (Å²) in [4.78, 5) is 8.74. The Bertz CT molecular complexity index is 1130. The molecule has 3 aromatic heterocycles. The number of aromatic nitrogens is 4. The number of rotatable bonds is 5. The largest absolute Gasteiger partial charge is 0.481 e. The fraction of sp³-hybridized carbons (Fsp3) is 0.227. The number of fused-ring (bicyclic) bond motifs is 1. The van der Waals surface area contributed by atoms with Crippen LogP contribution in [-0.2, 0) is 0 Å². The molecule has 1 aromatic carbocycles. The molecule has 5 rings (SSSR count). The summed E-state index contributed by atoms with van der Waals surface area (Å²) >= 11 is 0. The molecule has 0 spiro atoms. The molecule has 1 aliphatic rings. The van der Waals surface area contributed by atoms with Gasteiger partial charge in [0.15, 0.2) is 0 Å². The van der Waals surface area contributed by atoms with Gasteiger partial charge in [0.2, 0.25) is 11.8 Å². The molecule has 0 saturated carbocycles. The molecule has 1 fully saturated rings. The first-order valence-corrected chi connectivity index (χ1v) is 9.96. The molecule has 0 aliphatic carbocycles. The van der Waals surface area contributed by atoms with E-state index in [1.807, 2.05) is 35.0 Å². The van der Waals surface area contributed by atoms with Crippen molar-refractivity contribution in [2.45, 2.75) is 6.04 Å². The van der Waals surface area contributed by atoms with Crippen molar-refractivity contribution in [3.05, 3.63) is 66.5 Å². The van der Waals surface area contributed by atoms with Gasteiger partial charge in [-0.15, -0.1) is 5.10 Å². The lowest BCUT2D eigenvalue weighted by atomic mass is 10.1. The average Bonchev–Trinajstić information content (AvgIpc) is 3.23. The average molecular weight is 401 g/mol. The molecule has 4 aromatic rings. The molecule has 1 atom stereocenters. The zero-order valence-corrected chi connectivity index (χ0v) is 16.7. The van der Waals surface area contributed by atoms with Gasteiger partial charge in [-0.25, -0.2) is 14.5 Å². The van der Waals surface area contributed by atoms with Crippen molar-refractivity contribution in [3.8, 4) is 17.1 Å². The summed E-state index contributed by atoms with van der Waals surface area (Å²) in [7, 11) is 1.61. The lowest BCUT2D eigenvalue weighted by Gasteiger charge is -2.25. The molecule has 1 saturated heterocycles. The van der Waals surface area contributed by atoms with Crippen LogP contribution in [0.5, 0.6) is 5.88 Å². The predicted octanol–water partition coefficient (Wildman–Crippen LogP) is 2.78. The van der Waals surface area contributed by atoms with Crippen molar-refractivity contribution in [1.29, 1.82) is 0 Å². The second kappa shape index (κ2) is 8.10. The first kappa shape index (κ1) is 18.5. The fourth-order valence-electron chi connectivity index (χ4n) is 3.65. The van der Waals surface area contributed by atoms with Crippen molar-refractivity contribution in [3.63, 3.8) is 0 Å². The van der Waals surface area contributed by atoms with Gasteiger partial charge in [-0.3, -0.25) is 0 Å². The van der Waals surface area contributed by atoms with Crippen molar-refractivity contribution in [2.24, 2.45) is 0 Å². The summed E-state index contributed by atoms with van der Waals surface area (Å²) < 4.78 is 7.01. The minimum Gasteiger partial charge on any atom is -0.481 e. The Kier molecular flexibility index (Phi) is 5.00. The van der Waals surface area contributed by atoms with Crippen LogP contribution in [0.1, 0.15) is 11.6 Å². The molecule has 1 unspecified atom stereocenters. The van der Waals surface area contributed by atoms with Gasteiger partial charge in [-0.2, -0.15) is 0 Å². The second-order valence-electron chi connectivity index (χ2n) is 7.18. The molecular formula is C22H23N7O. The van der Waals surface area contributed by atoms with Crippen LogP contribution in [-0.4, -0.2) is 46.3 Å². The molecule has 0 bridgehead atoms. The SMILES string of the molecule is COc1ccc(-c2ccc3cnc(Nc4ccc(C5CNCCN5)cc4)nn23)cn1. The monoisotopic (exact) mass is 401 g/mol. The van der Waals surface area contributed by atoms with Gasteiger partial charge in [0.1, 0.15) is 0 Å². The normalized spacial score (nSPS) is 16.5. The molecule has 0 radical (unpaired) electrons. The van der Waals surface area contributed by atoms with Crippen molar-refractivity contribution >= 4 is 17.2 Å². The summed E-state index contributed by atoms with van der Waals surface area (Å²) in [6.07, 6.45) is 3.59. The predicted molar refractivity (Wildman–Crippen MR) is 116 cm³/mol. The van der Waals surface area contributed by atoms with E-state index in [4.69, 9.17) is 4.74 Å². The summed E-state index contributed by atoms with van der Waals surface area (Å²) in [6.45, 7) is 2.95. The maximum atomic E-state index is 5.15. The van der Waals surface area contributed by atoms with E-state index >= 15 is 0 Å². The Morgan fingerprint density at radius 2 is 1.90 bits per heavy atom. The minimum absolute atomic E-state index is 0.348. The third-order valence-electron chi connectivity index (χ3n) is 5.25. The van der Waals surface area contributed by atoms with E-state index in [2.05, 4.69) is 55.3 Å². The number of piperazine rings is 1.